The summed E-state index contributed by atoms with van der Waals surface area (Å²) in [6.45, 7) is 5.07. The van der Waals surface area contributed by atoms with Crippen molar-refractivity contribution >= 4 is 15.9 Å². The minimum Gasteiger partial charge on any atom is -0.490 e. The second-order valence-corrected chi connectivity index (χ2v) is 6.23. The second kappa shape index (κ2) is 6.25. The van der Waals surface area contributed by atoms with Gasteiger partial charge >= 0.3 is 0 Å². The van der Waals surface area contributed by atoms with Crippen LogP contribution in [0.5, 0.6) is 5.75 Å². The van der Waals surface area contributed by atoms with Crippen molar-refractivity contribution in [3.05, 3.63) is 28.2 Å². The van der Waals surface area contributed by atoms with Crippen molar-refractivity contribution in [3.63, 3.8) is 0 Å². The van der Waals surface area contributed by atoms with E-state index in [1.165, 1.54) is 25.1 Å². The molecule has 0 radical (unpaired) electrons. The number of nitrogens with zero attached hydrogens (tertiary/aromatic N) is 1. The Morgan fingerprint density at radius 2 is 2.05 bits per heavy atom. The molecule has 1 aromatic rings. The highest BCUT2D eigenvalue weighted by Gasteiger charge is 2.19. The number of ether oxygens (including phenoxy) is 2. The van der Waals surface area contributed by atoms with Crippen LogP contribution in [0.1, 0.15) is 24.8 Å². The lowest BCUT2D eigenvalue weighted by Crippen LogP contribution is -2.36. The van der Waals surface area contributed by atoms with E-state index >= 15 is 0 Å². The van der Waals surface area contributed by atoms with Crippen LogP contribution in [0.3, 0.4) is 0 Å². The highest BCUT2D eigenvalue weighted by Crippen LogP contribution is 2.28. The summed E-state index contributed by atoms with van der Waals surface area (Å²) >= 11 is 3.56. The topological polar surface area (TPSA) is 21.7 Å². The molecular weight excluding hydrogens is 306 g/mol. The lowest BCUT2D eigenvalue weighted by molar-refractivity contribution is 0.0247. The maximum absolute atomic E-state index is 6.18. The molecule has 0 atom stereocenters. The summed E-state index contributed by atoms with van der Waals surface area (Å²) < 4.78 is 12.7. The number of rotatable bonds is 4. The maximum atomic E-state index is 6.18. The van der Waals surface area contributed by atoms with E-state index in [4.69, 9.17) is 9.47 Å². The lowest BCUT2D eigenvalue weighted by Gasteiger charge is -2.32. The van der Waals surface area contributed by atoms with Crippen LogP contribution in [-0.4, -0.2) is 37.3 Å². The summed E-state index contributed by atoms with van der Waals surface area (Å²) in [7, 11) is 0. The molecule has 19 heavy (non-hydrogen) atoms. The van der Waals surface area contributed by atoms with Crippen LogP contribution in [0.15, 0.2) is 22.7 Å². The van der Waals surface area contributed by atoms with E-state index in [0.717, 1.165) is 42.8 Å². The smallest absolute Gasteiger partial charge is 0.124 e. The van der Waals surface area contributed by atoms with Crippen molar-refractivity contribution in [2.24, 2.45) is 0 Å². The number of hydrogen-bond donors (Lipinski definition) is 0. The van der Waals surface area contributed by atoms with Crippen LogP contribution in [0, 0.1) is 0 Å². The lowest BCUT2D eigenvalue weighted by atomic mass is 10.1. The molecule has 2 fully saturated rings. The van der Waals surface area contributed by atoms with Crippen molar-refractivity contribution in [1.82, 2.24) is 4.90 Å². The molecule has 3 nitrogen and oxygen atoms in total. The SMILES string of the molecule is Brc1ccc(OC2CCOCC2)c(CN2CCC2)c1. The van der Waals surface area contributed by atoms with Crippen LogP contribution in [-0.2, 0) is 11.3 Å². The molecule has 0 amide bonds. The molecule has 0 aliphatic carbocycles. The molecule has 0 saturated carbocycles. The fraction of sp³-hybridized carbons (Fsp3) is 0.600. The highest BCUT2D eigenvalue weighted by molar-refractivity contribution is 9.10. The van der Waals surface area contributed by atoms with Gasteiger partial charge in [0.05, 0.1) is 13.2 Å². The molecule has 0 unspecified atom stereocenters. The number of likely N-dealkylation sites (tertiary alicyclic amines) is 1. The fourth-order valence-electron chi connectivity index (χ4n) is 2.54. The van der Waals surface area contributed by atoms with Gasteiger partial charge in [0, 0.05) is 29.4 Å². The van der Waals surface area contributed by atoms with Gasteiger partial charge < -0.3 is 9.47 Å². The van der Waals surface area contributed by atoms with Crippen molar-refractivity contribution in [2.75, 3.05) is 26.3 Å². The Balaban J connectivity index is 1.70. The zero-order chi connectivity index (χ0) is 13.1. The molecule has 1 aromatic carbocycles. The van der Waals surface area contributed by atoms with E-state index in [1.807, 2.05) is 0 Å². The normalized spacial score (nSPS) is 21.1. The molecule has 104 valence electrons. The molecule has 2 aliphatic heterocycles. The Bertz CT molecular complexity index is 428. The molecule has 2 aliphatic rings. The van der Waals surface area contributed by atoms with Crippen molar-refractivity contribution < 1.29 is 9.47 Å². The van der Waals surface area contributed by atoms with E-state index in [2.05, 4.69) is 39.0 Å². The Labute approximate surface area is 123 Å². The first kappa shape index (κ1) is 13.4. The molecule has 3 rings (SSSR count). The molecule has 0 aromatic heterocycles. The second-order valence-electron chi connectivity index (χ2n) is 5.31. The van der Waals surface area contributed by atoms with Gasteiger partial charge in [-0.15, -0.1) is 0 Å². The van der Waals surface area contributed by atoms with Gasteiger partial charge in [0.25, 0.3) is 0 Å². The summed E-state index contributed by atoms with van der Waals surface area (Å²) in [6.07, 6.45) is 3.63. The number of benzene rings is 1. The quantitative estimate of drug-likeness (QED) is 0.848. The number of hydrogen-bond acceptors (Lipinski definition) is 3. The number of halogens is 1. The van der Waals surface area contributed by atoms with E-state index in [-0.39, 0.29) is 0 Å². The van der Waals surface area contributed by atoms with Gasteiger partial charge in [-0.3, -0.25) is 4.90 Å². The zero-order valence-electron chi connectivity index (χ0n) is 11.1. The third kappa shape index (κ3) is 3.50. The van der Waals surface area contributed by atoms with Crippen LogP contribution in [0.2, 0.25) is 0 Å². The average Bonchev–Trinajstić information content (AvgIpc) is 2.38. The highest BCUT2D eigenvalue weighted by atomic mass is 79.9. The van der Waals surface area contributed by atoms with Gasteiger partial charge in [0.15, 0.2) is 0 Å². The van der Waals surface area contributed by atoms with Gasteiger partial charge in [0.1, 0.15) is 11.9 Å². The summed E-state index contributed by atoms with van der Waals surface area (Å²) in [5.41, 5.74) is 1.29. The molecule has 0 N–H and O–H groups in total. The van der Waals surface area contributed by atoms with E-state index < -0.39 is 0 Å². The van der Waals surface area contributed by atoms with E-state index in [0.29, 0.717) is 6.10 Å². The van der Waals surface area contributed by atoms with Crippen molar-refractivity contribution in [2.45, 2.75) is 31.9 Å². The average molecular weight is 326 g/mol. The summed E-state index contributed by atoms with van der Waals surface area (Å²) in [5, 5.41) is 0. The van der Waals surface area contributed by atoms with Crippen LogP contribution in [0.4, 0.5) is 0 Å². The predicted octanol–water partition coefficient (Wildman–Crippen LogP) is 3.21. The van der Waals surface area contributed by atoms with Gasteiger partial charge in [0.2, 0.25) is 0 Å². The largest absolute Gasteiger partial charge is 0.490 e. The van der Waals surface area contributed by atoms with Crippen LogP contribution >= 0.6 is 15.9 Å². The molecular formula is C15H20BrNO2. The first-order chi connectivity index (χ1) is 9.31. The Kier molecular flexibility index (Phi) is 4.41. The standard InChI is InChI=1S/C15H20BrNO2/c16-13-2-3-15(19-14-4-8-18-9-5-14)12(10-13)11-17-6-1-7-17/h2-3,10,14H,1,4-9,11H2. The first-order valence-corrected chi connectivity index (χ1v) is 7.86. The summed E-state index contributed by atoms with van der Waals surface area (Å²) in [5.74, 6) is 1.04. The first-order valence-electron chi connectivity index (χ1n) is 7.06. The van der Waals surface area contributed by atoms with Gasteiger partial charge in [-0.25, -0.2) is 0 Å². The monoisotopic (exact) mass is 325 g/mol. The minimum absolute atomic E-state index is 0.310. The summed E-state index contributed by atoms with van der Waals surface area (Å²) in [6, 6.07) is 6.34. The summed E-state index contributed by atoms with van der Waals surface area (Å²) in [4.78, 5) is 2.46. The van der Waals surface area contributed by atoms with Crippen molar-refractivity contribution in [1.29, 1.82) is 0 Å². The molecule has 2 heterocycles. The van der Waals surface area contributed by atoms with Crippen LogP contribution < -0.4 is 4.74 Å². The predicted molar refractivity (Wildman–Crippen MR) is 78.5 cm³/mol. The van der Waals surface area contributed by atoms with Gasteiger partial charge in [-0.05, 0) is 37.7 Å². The third-order valence-electron chi connectivity index (χ3n) is 3.83. The Morgan fingerprint density at radius 3 is 2.74 bits per heavy atom. The van der Waals surface area contributed by atoms with Crippen LogP contribution in [0.25, 0.3) is 0 Å². The molecule has 4 heteroatoms. The third-order valence-corrected chi connectivity index (χ3v) is 4.32. The Morgan fingerprint density at radius 1 is 1.26 bits per heavy atom. The van der Waals surface area contributed by atoms with Gasteiger partial charge in [-0.2, -0.15) is 0 Å². The van der Waals surface area contributed by atoms with Crippen molar-refractivity contribution in [3.8, 4) is 5.75 Å². The molecule has 0 spiro atoms. The molecule has 0 bridgehead atoms. The maximum Gasteiger partial charge on any atom is 0.124 e. The van der Waals surface area contributed by atoms with E-state index in [9.17, 15) is 0 Å². The fourth-order valence-corrected chi connectivity index (χ4v) is 2.95. The zero-order valence-corrected chi connectivity index (χ0v) is 12.7. The van der Waals surface area contributed by atoms with Gasteiger partial charge in [-0.1, -0.05) is 15.9 Å². The van der Waals surface area contributed by atoms with E-state index in [1.54, 1.807) is 0 Å². The minimum atomic E-state index is 0.310. The molecule has 2 saturated heterocycles. The Hall–Kier alpha value is -0.580.